The smallest absolute Gasteiger partial charge is 0.211 e. The van der Waals surface area contributed by atoms with E-state index in [9.17, 15) is 25.2 Å². The number of aliphatic hydroxyl groups excluding tert-OH is 1. The summed E-state index contributed by atoms with van der Waals surface area (Å²) in [6.07, 6.45) is -2.62. The molecule has 1 aliphatic heterocycles. The summed E-state index contributed by atoms with van der Waals surface area (Å²) in [6, 6.07) is 8.04. The maximum absolute atomic E-state index is 12.2. The lowest BCUT2D eigenvalue weighted by molar-refractivity contribution is -0.137. The van der Waals surface area contributed by atoms with Crippen LogP contribution < -0.4 is 4.74 Å². The standard InChI is InChI=1S/C15H12O6/c16-8-3-1-7(2-4-8)15-14(20)13(19)12-10(18)5-9(17)6-11(12)21-15/h1-6,13,15-19H/t13-,15+/m1/s1. The van der Waals surface area contributed by atoms with Gasteiger partial charge in [0.15, 0.2) is 6.10 Å². The average Bonchev–Trinajstić information content (AvgIpc) is 2.43. The maximum atomic E-state index is 12.2. The quantitative estimate of drug-likeness (QED) is 0.634. The molecule has 3 rings (SSSR count). The molecule has 0 amide bonds. The number of benzene rings is 2. The van der Waals surface area contributed by atoms with Crippen molar-refractivity contribution in [1.82, 2.24) is 0 Å². The Hall–Kier alpha value is -2.73. The minimum absolute atomic E-state index is 0.0395. The number of aromatic hydroxyl groups is 3. The number of hydrogen-bond acceptors (Lipinski definition) is 6. The first-order chi connectivity index (χ1) is 9.97. The minimum Gasteiger partial charge on any atom is -0.508 e. The van der Waals surface area contributed by atoms with Crippen molar-refractivity contribution in [2.24, 2.45) is 0 Å². The number of hydrogen-bond donors (Lipinski definition) is 4. The minimum atomic E-state index is -1.55. The van der Waals surface area contributed by atoms with Crippen molar-refractivity contribution in [3.8, 4) is 23.0 Å². The van der Waals surface area contributed by atoms with Crippen molar-refractivity contribution in [2.75, 3.05) is 0 Å². The van der Waals surface area contributed by atoms with Crippen molar-refractivity contribution < 1.29 is 30.0 Å². The van der Waals surface area contributed by atoms with Crippen molar-refractivity contribution in [3.05, 3.63) is 47.5 Å². The van der Waals surface area contributed by atoms with Gasteiger partial charge in [0.1, 0.15) is 29.1 Å². The molecule has 0 saturated heterocycles. The van der Waals surface area contributed by atoms with Crippen molar-refractivity contribution in [2.45, 2.75) is 12.2 Å². The highest BCUT2D eigenvalue weighted by Crippen LogP contribution is 2.44. The summed E-state index contributed by atoms with van der Waals surface area (Å²) in [5.74, 6) is -1.20. The number of fused-ring (bicyclic) bond motifs is 1. The Labute approximate surface area is 119 Å². The predicted octanol–water partition coefficient (Wildman–Crippen LogP) is 1.54. The molecule has 108 valence electrons. The zero-order valence-electron chi connectivity index (χ0n) is 10.7. The van der Waals surface area contributed by atoms with E-state index in [0.29, 0.717) is 5.56 Å². The van der Waals surface area contributed by atoms with Crippen LogP contribution in [-0.2, 0) is 4.79 Å². The third-order valence-corrected chi connectivity index (χ3v) is 3.35. The Morgan fingerprint density at radius 1 is 0.952 bits per heavy atom. The summed E-state index contributed by atoms with van der Waals surface area (Å²) in [6.45, 7) is 0. The molecule has 0 aliphatic carbocycles. The van der Waals surface area contributed by atoms with Gasteiger partial charge in [-0.3, -0.25) is 4.79 Å². The molecule has 2 aromatic rings. The summed E-state index contributed by atoms with van der Waals surface area (Å²) in [5, 5.41) is 38.5. The first-order valence-corrected chi connectivity index (χ1v) is 6.20. The Kier molecular flexibility index (Phi) is 2.95. The van der Waals surface area contributed by atoms with Crippen LogP contribution in [0.3, 0.4) is 0 Å². The van der Waals surface area contributed by atoms with Crippen molar-refractivity contribution in [3.63, 3.8) is 0 Å². The topological polar surface area (TPSA) is 107 Å². The van der Waals surface area contributed by atoms with Gasteiger partial charge in [-0.05, 0) is 12.1 Å². The van der Waals surface area contributed by atoms with Crippen LogP contribution >= 0.6 is 0 Å². The van der Waals surface area contributed by atoms with Gasteiger partial charge in [-0.2, -0.15) is 0 Å². The summed E-state index contributed by atoms with van der Waals surface area (Å²) in [4.78, 5) is 12.2. The van der Waals surface area contributed by atoms with E-state index in [1.807, 2.05) is 0 Å². The first kappa shape index (κ1) is 13.3. The molecule has 0 saturated carbocycles. The Morgan fingerprint density at radius 3 is 2.29 bits per heavy atom. The van der Waals surface area contributed by atoms with E-state index in [0.717, 1.165) is 6.07 Å². The van der Waals surface area contributed by atoms with Crippen LogP contribution in [0.15, 0.2) is 36.4 Å². The summed E-state index contributed by atoms with van der Waals surface area (Å²) in [7, 11) is 0. The maximum Gasteiger partial charge on any atom is 0.211 e. The molecule has 0 unspecified atom stereocenters. The molecular weight excluding hydrogens is 276 g/mol. The van der Waals surface area contributed by atoms with Crippen LogP contribution in [0.2, 0.25) is 0 Å². The number of rotatable bonds is 1. The molecule has 2 atom stereocenters. The molecule has 6 nitrogen and oxygen atoms in total. The lowest BCUT2D eigenvalue weighted by atomic mass is 9.93. The number of Topliss-reactive ketones (excluding diaryl/α,β-unsaturated/α-hetero) is 1. The van der Waals surface area contributed by atoms with E-state index in [2.05, 4.69) is 0 Å². The largest absolute Gasteiger partial charge is 0.508 e. The number of carbonyl (C=O) groups excluding carboxylic acids is 1. The van der Waals surface area contributed by atoms with E-state index in [1.54, 1.807) is 0 Å². The predicted molar refractivity (Wildman–Crippen MR) is 71.2 cm³/mol. The number of ether oxygens (including phenoxy) is 1. The number of phenols is 3. The van der Waals surface area contributed by atoms with E-state index in [-0.39, 0.29) is 22.8 Å². The van der Waals surface area contributed by atoms with E-state index in [1.165, 1.54) is 30.3 Å². The molecule has 0 spiro atoms. The molecule has 0 aromatic heterocycles. The number of aliphatic hydroxyl groups is 1. The first-order valence-electron chi connectivity index (χ1n) is 6.20. The third-order valence-electron chi connectivity index (χ3n) is 3.35. The molecule has 6 heteroatoms. The van der Waals surface area contributed by atoms with E-state index >= 15 is 0 Å². The molecule has 1 heterocycles. The van der Waals surface area contributed by atoms with Crippen LogP contribution in [-0.4, -0.2) is 26.2 Å². The Morgan fingerprint density at radius 2 is 1.62 bits per heavy atom. The van der Waals surface area contributed by atoms with Gasteiger partial charge in [0.05, 0.1) is 5.56 Å². The van der Waals surface area contributed by atoms with Crippen LogP contribution in [0, 0.1) is 0 Å². The number of ketones is 1. The second-order valence-electron chi connectivity index (χ2n) is 4.77. The molecule has 4 N–H and O–H groups in total. The highest BCUT2D eigenvalue weighted by atomic mass is 16.5. The lowest BCUT2D eigenvalue weighted by Crippen LogP contribution is -2.30. The summed E-state index contributed by atoms with van der Waals surface area (Å²) >= 11 is 0. The average molecular weight is 288 g/mol. The van der Waals surface area contributed by atoms with Gasteiger partial charge in [0, 0.05) is 17.7 Å². The van der Waals surface area contributed by atoms with Gasteiger partial charge in [-0.1, -0.05) is 12.1 Å². The van der Waals surface area contributed by atoms with Crippen molar-refractivity contribution in [1.29, 1.82) is 0 Å². The van der Waals surface area contributed by atoms with Gasteiger partial charge >= 0.3 is 0 Å². The molecular formula is C15H12O6. The van der Waals surface area contributed by atoms with E-state index in [4.69, 9.17) is 4.74 Å². The monoisotopic (exact) mass is 288 g/mol. The number of carbonyl (C=O) groups is 1. The molecule has 0 bridgehead atoms. The number of phenolic OH excluding ortho intramolecular Hbond substituents is 3. The van der Waals surface area contributed by atoms with Crippen LogP contribution in [0.25, 0.3) is 0 Å². The highest BCUT2D eigenvalue weighted by Gasteiger charge is 2.38. The molecule has 0 radical (unpaired) electrons. The van der Waals surface area contributed by atoms with Crippen LogP contribution in [0.5, 0.6) is 23.0 Å². The highest BCUT2D eigenvalue weighted by molar-refractivity contribution is 5.92. The second-order valence-corrected chi connectivity index (χ2v) is 4.77. The Balaban J connectivity index is 2.07. The summed E-state index contributed by atoms with van der Waals surface area (Å²) in [5.41, 5.74) is 0.387. The molecule has 1 aliphatic rings. The third kappa shape index (κ3) is 2.15. The van der Waals surface area contributed by atoms with Gasteiger partial charge < -0.3 is 25.2 Å². The fourth-order valence-corrected chi connectivity index (χ4v) is 2.32. The van der Waals surface area contributed by atoms with Gasteiger partial charge in [0.2, 0.25) is 5.78 Å². The SMILES string of the molecule is O=C1[C@H](c2ccc(O)cc2)Oc2cc(O)cc(O)c2[C@H]1O. The van der Waals surface area contributed by atoms with Gasteiger partial charge in [-0.15, -0.1) is 0 Å². The second kappa shape index (κ2) is 4.68. The van der Waals surface area contributed by atoms with Crippen LogP contribution in [0.4, 0.5) is 0 Å². The molecule has 0 fully saturated rings. The molecule has 21 heavy (non-hydrogen) atoms. The Bertz CT molecular complexity index is 707. The summed E-state index contributed by atoms with van der Waals surface area (Å²) < 4.78 is 5.49. The van der Waals surface area contributed by atoms with Crippen LogP contribution in [0.1, 0.15) is 23.3 Å². The van der Waals surface area contributed by atoms with Gasteiger partial charge in [-0.25, -0.2) is 0 Å². The zero-order chi connectivity index (χ0) is 15.1. The fraction of sp³-hybridized carbons (Fsp3) is 0.133. The fourth-order valence-electron chi connectivity index (χ4n) is 2.32. The zero-order valence-corrected chi connectivity index (χ0v) is 10.7. The van der Waals surface area contributed by atoms with E-state index < -0.39 is 23.7 Å². The van der Waals surface area contributed by atoms with Gasteiger partial charge in [0.25, 0.3) is 0 Å². The molecule has 2 aromatic carbocycles. The van der Waals surface area contributed by atoms with Crippen molar-refractivity contribution >= 4 is 5.78 Å². The normalized spacial score (nSPS) is 20.7. The lowest BCUT2D eigenvalue weighted by Gasteiger charge is -2.29.